The van der Waals surface area contributed by atoms with Crippen molar-refractivity contribution in [3.8, 4) is 0 Å². The molecule has 8 nitrogen and oxygen atoms in total. The first kappa shape index (κ1) is 16.3. The fourth-order valence-corrected chi connectivity index (χ4v) is 3.84. The van der Waals surface area contributed by atoms with Crippen LogP contribution in [-0.4, -0.2) is 78.1 Å². The summed E-state index contributed by atoms with van der Waals surface area (Å²) in [5.41, 5.74) is 1.29. The van der Waals surface area contributed by atoms with E-state index in [9.17, 15) is 10.0 Å². The Morgan fingerprint density at radius 1 is 1.20 bits per heavy atom. The number of piperazine rings is 1. The van der Waals surface area contributed by atoms with Crippen LogP contribution in [0.4, 0.5) is 0 Å². The van der Waals surface area contributed by atoms with E-state index < -0.39 is 0 Å². The van der Waals surface area contributed by atoms with Gasteiger partial charge >= 0.3 is 0 Å². The number of fused-ring (bicyclic) bond motifs is 1. The van der Waals surface area contributed by atoms with Crippen LogP contribution in [0.5, 0.6) is 0 Å². The van der Waals surface area contributed by atoms with Crippen LogP contribution in [0.3, 0.4) is 0 Å². The molecule has 2 aliphatic heterocycles. The molecule has 0 N–H and O–H groups in total. The van der Waals surface area contributed by atoms with Gasteiger partial charge in [0, 0.05) is 49.0 Å². The number of benzene rings is 1. The van der Waals surface area contributed by atoms with Gasteiger partial charge in [0.25, 0.3) is 5.91 Å². The second-order valence-electron chi connectivity index (χ2n) is 7.00. The van der Waals surface area contributed by atoms with Gasteiger partial charge in [-0.1, -0.05) is 0 Å². The molecule has 1 aromatic carbocycles. The fourth-order valence-electron chi connectivity index (χ4n) is 3.84. The van der Waals surface area contributed by atoms with Crippen LogP contribution in [0.2, 0.25) is 0 Å². The maximum Gasteiger partial charge on any atom is 0.254 e. The quantitative estimate of drug-likeness (QED) is 0.729. The number of piperidine rings is 1. The molecule has 2 saturated heterocycles. The van der Waals surface area contributed by atoms with Crippen LogP contribution >= 0.6 is 0 Å². The molecule has 0 radical (unpaired) electrons. The second-order valence-corrected chi connectivity index (χ2v) is 7.00. The lowest BCUT2D eigenvalue weighted by Crippen LogP contribution is -2.54. The van der Waals surface area contributed by atoms with Gasteiger partial charge in [-0.25, -0.2) is 0 Å². The van der Waals surface area contributed by atoms with Gasteiger partial charge in [0.2, 0.25) is 11.0 Å². The van der Waals surface area contributed by atoms with E-state index in [0.717, 1.165) is 39.3 Å². The Balaban J connectivity index is 1.38. The summed E-state index contributed by atoms with van der Waals surface area (Å²) in [6.07, 6.45) is 2.42. The number of likely N-dealkylation sites (tertiary alicyclic amines) is 1. The summed E-state index contributed by atoms with van der Waals surface area (Å²) in [5, 5.41) is 15.0. The van der Waals surface area contributed by atoms with Gasteiger partial charge in [-0.3, -0.25) is 14.3 Å². The van der Waals surface area contributed by atoms with Crippen molar-refractivity contribution >= 4 is 16.9 Å². The Morgan fingerprint density at radius 2 is 1.92 bits per heavy atom. The fraction of sp³-hybridized carbons (Fsp3) is 0.588. The zero-order valence-corrected chi connectivity index (χ0v) is 14.4. The minimum absolute atomic E-state index is 0.00891. The summed E-state index contributed by atoms with van der Waals surface area (Å²) in [6.45, 7) is 5.63. The maximum atomic E-state index is 12.7. The summed E-state index contributed by atoms with van der Waals surface area (Å²) in [5.74, 6) is -0.00891. The van der Waals surface area contributed by atoms with E-state index in [1.165, 1.54) is 12.8 Å². The molecule has 2 aliphatic rings. The minimum Gasteiger partial charge on any atom is -0.359 e. The minimum atomic E-state index is -0.00891. The van der Waals surface area contributed by atoms with Gasteiger partial charge in [-0.15, -0.1) is 0 Å². The third kappa shape index (κ3) is 3.19. The Morgan fingerprint density at radius 3 is 2.64 bits per heavy atom. The van der Waals surface area contributed by atoms with E-state index >= 15 is 0 Å². The number of aromatic nitrogens is 2. The lowest BCUT2D eigenvalue weighted by Gasteiger charge is -2.42. The number of amides is 1. The van der Waals surface area contributed by atoms with Gasteiger partial charge in [0.15, 0.2) is 0 Å². The third-order valence-corrected chi connectivity index (χ3v) is 5.44. The Hall–Kier alpha value is -2.19. The molecule has 0 spiro atoms. The molecule has 0 atom stereocenters. The van der Waals surface area contributed by atoms with Gasteiger partial charge in [0.1, 0.15) is 0 Å². The predicted octanol–water partition coefficient (Wildman–Crippen LogP) is 0.313. The van der Waals surface area contributed by atoms with Crippen LogP contribution in [0.25, 0.3) is 11.0 Å². The molecule has 0 unspecified atom stereocenters. The average Bonchev–Trinajstić information content (AvgIpc) is 3.02. The number of carbonyl (C=O) groups excluding carboxylic acids is 1. The highest BCUT2D eigenvalue weighted by Gasteiger charge is 2.28. The van der Waals surface area contributed by atoms with E-state index in [2.05, 4.69) is 26.6 Å². The molecule has 2 aromatic rings. The van der Waals surface area contributed by atoms with Crippen molar-refractivity contribution in [3.05, 3.63) is 29.0 Å². The molecular weight excluding hydrogens is 322 g/mol. The highest BCUT2D eigenvalue weighted by molar-refractivity contribution is 5.96. The highest BCUT2D eigenvalue weighted by atomic mass is 16.8. The molecule has 4 rings (SSSR count). The first-order chi connectivity index (χ1) is 12.1. The van der Waals surface area contributed by atoms with Crippen molar-refractivity contribution in [3.63, 3.8) is 0 Å². The maximum absolute atomic E-state index is 12.7. The standard InChI is InChI=1S/C17H23N5O3/c1-19-6-4-14(5-7-19)20-8-10-21(11-9-20)17(23)13-2-3-16-15(12-13)18-25-22(16)24/h2-3,12,14H,4-11H2,1H3. The van der Waals surface area contributed by atoms with E-state index in [1.807, 2.05) is 4.90 Å². The van der Waals surface area contributed by atoms with E-state index in [-0.39, 0.29) is 5.91 Å². The van der Waals surface area contributed by atoms with Crippen LogP contribution in [-0.2, 0) is 0 Å². The zero-order chi connectivity index (χ0) is 17.4. The summed E-state index contributed by atoms with van der Waals surface area (Å²) in [6, 6.07) is 5.52. The van der Waals surface area contributed by atoms with Crippen LogP contribution < -0.4 is 4.90 Å². The van der Waals surface area contributed by atoms with Gasteiger partial charge in [0.05, 0.1) is 0 Å². The molecule has 2 fully saturated rings. The second kappa shape index (κ2) is 6.61. The van der Waals surface area contributed by atoms with Crippen molar-refractivity contribution in [2.75, 3.05) is 46.3 Å². The summed E-state index contributed by atoms with van der Waals surface area (Å²) in [4.78, 5) is 19.9. The number of nitrogens with zero attached hydrogens (tertiary/aromatic N) is 5. The zero-order valence-electron chi connectivity index (χ0n) is 14.4. The number of rotatable bonds is 2. The van der Waals surface area contributed by atoms with Crippen LogP contribution in [0.1, 0.15) is 23.2 Å². The molecule has 0 aliphatic carbocycles. The van der Waals surface area contributed by atoms with Gasteiger partial charge in [-0.2, -0.15) is 0 Å². The average molecular weight is 345 g/mol. The van der Waals surface area contributed by atoms with Gasteiger partial charge < -0.3 is 15.0 Å². The van der Waals surface area contributed by atoms with Crippen molar-refractivity contribution in [2.45, 2.75) is 18.9 Å². The summed E-state index contributed by atoms with van der Waals surface area (Å²) >= 11 is 0. The first-order valence-corrected chi connectivity index (χ1v) is 8.83. The molecule has 0 saturated carbocycles. The molecule has 0 bridgehead atoms. The SMILES string of the molecule is CN1CCC(N2CCN(C(=O)c3ccc4c(c3)no[n+]4[O-])CC2)CC1. The lowest BCUT2D eigenvalue weighted by atomic mass is 10.0. The molecular formula is C17H23N5O3. The first-order valence-electron chi connectivity index (χ1n) is 8.83. The van der Waals surface area contributed by atoms with Gasteiger partial charge in [-0.05, 0) is 50.0 Å². The van der Waals surface area contributed by atoms with E-state index in [0.29, 0.717) is 27.5 Å². The van der Waals surface area contributed by atoms with Crippen LogP contribution in [0.15, 0.2) is 22.8 Å². The Kier molecular flexibility index (Phi) is 4.30. The molecule has 3 heterocycles. The number of hydrogen-bond donors (Lipinski definition) is 0. The smallest absolute Gasteiger partial charge is 0.254 e. The predicted molar refractivity (Wildman–Crippen MR) is 91.0 cm³/mol. The summed E-state index contributed by atoms with van der Waals surface area (Å²) < 4.78 is 4.56. The molecule has 1 aromatic heterocycles. The molecule has 134 valence electrons. The largest absolute Gasteiger partial charge is 0.359 e. The molecule has 1 amide bonds. The third-order valence-electron chi connectivity index (χ3n) is 5.44. The van der Waals surface area contributed by atoms with Crippen molar-refractivity contribution in [1.82, 2.24) is 19.9 Å². The Bertz CT molecular complexity index is 761. The highest BCUT2D eigenvalue weighted by Crippen LogP contribution is 2.19. The Labute approximate surface area is 146 Å². The molecule has 25 heavy (non-hydrogen) atoms. The van der Waals surface area contributed by atoms with Crippen LogP contribution in [0, 0.1) is 5.21 Å². The monoisotopic (exact) mass is 345 g/mol. The molecule has 8 heteroatoms. The van der Waals surface area contributed by atoms with Crippen molar-refractivity contribution < 1.29 is 14.3 Å². The lowest BCUT2D eigenvalue weighted by molar-refractivity contribution is -0.782. The number of hydrogen-bond acceptors (Lipinski definition) is 6. The normalized spacial score (nSPS) is 21.1. The van der Waals surface area contributed by atoms with Crippen molar-refractivity contribution in [2.24, 2.45) is 0 Å². The topological polar surface area (TPSA) is 79.8 Å². The number of carbonyl (C=O) groups is 1. The van der Waals surface area contributed by atoms with E-state index in [4.69, 9.17) is 0 Å². The van der Waals surface area contributed by atoms with E-state index in [1.54, 1.807) is 18.2 Å². The summed E-state index contributed by atoms with van der Waals surface area (Å²) in [7, 11) is 2.17. The van der Waals surface area contributed by atoms with Crippen molar-refractivity contribution in [1.29, 1.82) is 0 Å².